The molecule has 2 rings (SSSR count). The average molecular weight is 236 g/mol. The molecule has 2 heterocycles. The monoisotopic (exact) mass is 235 g/mol. The van der Waals surface area contributed by atoms with Gasteiger partial charge in [-0.05, 0) is 19.1 Å². The second-order valence-corrected chi connectivity index (χ2v) is 3.39. The van der Waals surface area contributed by atoms with Crippen molar-refractivity contribution < 1.29 is 13.2 Å². The number of fused-ring (bicyclic) bond motifs is 1. The van der Waals surface area contributed by atoms with Crippen LogP contribution in [0.3, 0.4) is 0 Å². The lowest BCUT2D eigenvalue weighted by Crippen LogP contribution is -2.06. The van der Waals surface area contributed by atoms with E-state index >= 15 is 0 Å². The molecule has 2 aromatic rings. The Bertz CT molecular complexity index is 518. The first-order chi connectivity index (χ1) is 6.89. The number of alkyl halides is 3. The predicted molar refractivity (Wildman–Crippen MR) is 47.7 cm³/mol. The molecule has 7 heteroatoms. The van der Waals surface area contributed by atoms with Crippen LogP contribution in [0.4, 0.5) is 13.2 Å². The van der Waals surface area contributed by atoms with Crippen LogP contribution < -0.4 is 0 Å². The van der Waals surface area contributed by atoms with Crippen LogP contribution in [0.25, 0.3) is 5.65 Å². The Morgan fingerprint density at radius 2 is 1.93 bits per heavy atom. The summed E-state index contributed by atoms with van der Waals surface area (Å²) in [4.78, 5) is 0. The van der Waals surface area contributed by atoms with Gasteiger partial charge in [0, 0.05) is 0 Å². The molecule has 2 aromatic heterocycles. The third kappa shape index (κ3) is 1.65. The summed E-state index contributed by atoms with van der Waals surface area (Å²) in [5.74, 6) is 0.448. The first-order valence-corrected chi connectivity index (χ1v) is 4.36. The van der Waals surface area contributed by atoms with Crippen LogP contribution in [0, 0.1) is 6.92 Å². The molecule has 0 aromatic carbocycles. The van der Waals surface area contributed by atoms with Gasteiger partial charge in [0.2, 0.25) is 0 Å². The van der Waals surface area contributed by atoms with Crippen LogP contribution in [-0.4, -0.2) is 14.6 Å². The Kier molecular flexibility index (Phi) is 2.11. The standard InChI is InChI=1S/C8H5ClF3N3/c1-4-13-14-7-3-5(8(10,11)12)2-6(9)15(4)7/h2-3H,1H3. The van der Waals surface area contributed by atoms with Crippen LogP contribution >= 0.6 is 11.6 Å². The quantitative estimate of drug-likeness (QED) is 0.657. The fourth-order valence-corrected chi connectivity index (χ4v) is 1.60. The highest BCUT2D eigenvalue weighted by atomic mass is 35.5. The van der Waals surface area contributed by atoms with Gasteiger partial charge in [-0.2, -0.15) is 13.2 Å². The van der Waals surface area contributed by atoms with Crippen molar-refractivity contribution >= 4 is 17.2 Å². The van der Waals surface area contributed by atoms with E-state index in [9.17, 15) is 13.2 Å². The zero-order chi connectivity index (χ0) is 11.2. The van der Waals surface area contributed by atoms with Gasteiger partial charge in [-0.1, -0.05) is 11.6 Å². The van der Waals surface area contributed by atoms with Crippen LogP contribution in [-0.2, 0) is 6.18 Å². The molecule has 3 nitrogen and oxygen atoms in total. The number of rotatable bonds is 0. The molecule has 0 atom stereocenters. The maximum atomic E-state index is 12.4. The van der Waals surface area contributed by atoms with Gasteiger partial charge in [-0.15, -0.1) is 10.2 Å². The molecule has 0 aliphatic carbocycles. The van der Waals surface area contributed by atoms with E-state index in [2.05, 4.69) is 10.2 Å². The van der Waals surface area contributed by atoms with E-state index in [1.165, 1.54) is 4.40 Å². The maximum Gasteiger partial charge on any atom is 0.416 e. The maximum absolute atomic E-state index is 12.4. The molecule has 0 amide bonds. The lowest BCUT2D eigenvalue weighted by molar-refractivity contribution is -0.137. The third-order valence-electron chi connectivity index (χ3n) is 1.95. The number of aryl methyl sites for hydroxylation is 1. The van der Waals surface area contributed by atoms with E-state index in [0.717, 1.165) is 12.1 Å². The third-order valence-corrected chi connectivity index (χ3v) is 2.23. The molecule has 80 valence electrons. The van der Waals surface area contributed by atoms with Gasteiger partial charge in [0.05, 0.1) is 5.56 Å². The number of aromatic nitrogens is 3. The predicted octanol–water partition coefficient (Wildman–Crippen LogP) is 2.71. The summed E-state index contributed by atoms with van der Waals surface area (Å²) in [5, 5.41) is 7.17. The molecule has 0 saturated heterocycles. The van der Waals surface area contributed by atoms with Crippen LogP contribution in [0.1, 0.15) is 11.4 Å². The smallest absolute Gasteiger partial charge is 0.269 e. The van der Waals surface area contributed by atoms with E-state index in [1.54, 1.807) is 6.92 Å². The second-order valence-electron chi connectivity index (χ2n) is 3.01. The normalized spacial score (nSPS) is 12.3. The minimum atomic E-state index is -4.43. The molecule has 0 spiro atoms. The molecule has 0 saturated carbocycles. The molecule has 0 unspecified atom stereocenters. The van der Waals surface area contributed by atoms with Gasteiger partial charge in [0.15, 0.2) is 5.65 Å². The minimum absolute atomic E-state index is 0.0534. The molecule has 0 bridgehead atoms. The highest BCUT2D eigenvalue weighted by molar-refractivity contribution is 6.29. The van der Waals surface area contributed by atoms with Crippen molar-refractivity contribution in [3.05, 3.63) is 28.7 Å². The van der Waals surface area contributed by atoms with Crippen LogP contribution in [0.2, 0.25) is 5.15 Å². The van der Waals surface area contributed by atoms with Crippen molar-refractivity contribution in [1.82, 2.24) is 14.6 Å². The SMILES string of the molecule is Cc1nnc2cc(C(F)(F)F)cc(Cl)n12. The summed E-state index contributed by atoms with van der Waals surface area (Å²) in [5.41, 5.74) is -0.736. The van der Waals surface area contributed by atoms with Crippen molar-refractivity contribution in [2.75, 3.05) is 0 Å². The molecule has 0 fully saturated rings. The first-order valence-electron chi connectivity index (χ1n) is 3.98. The van der Waals surface area contributed by atoms with Crippen molar-refractivity contribution in [2.24, 2.45) is 0 Å². The number of halogens is 4. The molecular weight excluding hydrogens is 231 g/mol. The number of hydrogen-bond acceptors (Lipinski definition) is 2. The highest BCUT2D eigenvalue weighted by Gasteiger charge is 2.31. The van der Waals surface area contributed by atoms with Crippen molar-refractivity contribution in [3.63, 3.8) is 0 Å². The molecule has 0 aliphatic heterocycles. The Balaban J connectivity index is 2.74. The van der Waals surface area contributed by atoms with E-state index in [4.69, 9.17) is 11.6 Å². The lowest BCUT2D eigenvalue weighted by Gasteiger charge is -2.07. The number of pyridine rings is 1. The Labute approximate surface area is 87.5 Å². The second kappa shape index (κ2) is 3.10. The highest BCUT2D eigenvalue weighted by Crippen LogP contribution is 2.31. The Hall–Kier alpha value is -1.30. The van der Waals surface area contributed by atoms with E-state index in [0.29, 0.717) is 5.82 Å². The zero-order valence-electron chi connectivity index (χ0n) is 7.51. The summed E-state index contributed by atoms with van der Waals surface area (Å²) in [7, 11) is 0. The van der Waals surface area contributed by atoms with Crippen LogP contribution in [0.15, 0.2) is 12.1 Å². The summed E-state index contributed by atoms with van der Waals surface area (Å²) in [6, 6.07) is 1.76. The average Bonchev–Trinajstić information content (AvgIpc) is 2.46. The van der Waals surface area contributed by atoms with Crippen molar-refractivity contribution in [3.8, 4) is 0 Å². The van der Waals surface area contributed by atoms with Crippen LogP contribution in [0.5, 0.6) is 0 Å². The van der Waals surface area contributed by atoms with Gasteiger partial charge in [0.1, 0.15) is 11.0 Å². The Morgan fingerprint density at radius 3 is 2.53 bits per heavy atom. The van der Waals surface area contributed by atoms with Gasteiger partial charge in [-0.3, -0.25) is 4.40 Å². The molecule has 0 aliphatic rings. The van der Waals surface area contributed by atoms with Crippen molar-refractivity contribution in [1.29, 1.82) is 0 Å². The summed E-state index contributed by atoms with van der Waals surface area (Å²) in [6.45, 7) is 1.61. The lowest BCUT2D eigenvalue weighted by atomic mass is 10.2. The van der Waals surface area contributed by atoms with E-state index in [-0.39, 0.29) is 10.8 Å². The summed E-state index contributed by atoms with van der Waals surface area (Å²) < 4.78 is 38.5. The largest absolute Gasteiger partial charge is 0.416 e. The topological polar surface area (TPSA) is 30.2 Å². The summed E-state index contributed by atoms with van der Waals surface area (Å²) >= 11 is 5.70. The molecule has 0 N–H and O–H groups in total. The number of hydrogen-bond donors (Lipinski definition) is 0. The fraction of sp³-hybridized carbons (Fsp3) is 0.250. The van der Waals surface area contributed by atoms with Gasteiger partial charge >= 0.3 is 6.18 Å². The first kappa shape index (κ1) is 10.2. The van der Waals surface area contributed by atoms with Crippen molar-refractivity contribution in [2.45, 2.75) is 13.1 Å². The van der Waals surface area contributed by atoms with E-state index < -0.39 is 11.7 Å². The van der Waals surface area contributed by atoms with Gasteiger partial charge < -0.3 is 0 Å². The molecular formula is C8H5ClF3N3. The number of nitrogens with zero attached hydrogens (tertiary/aromatic N) is 3. The fourth-order valence-electron chi connectivity index (χ4n) is 1.27. The molecule has 15 heavy (non-hydrogen) atoms. The van der Waals surface area contributed by atoms with E-state index in [1.807, 2.05) is 0 Å². The minimum Gasteiger partial charge on any atom is -0.269 e. The zero-order valence-corrected chi connectivity index (χ0v) is 8.26. The summed E-state index contributed by atoms with van der Waals surface area (Å²) in [6.07, 6.45) is -4.43. The van der Waals surface area contributed by atoms with Gasteiger partial charge in [-0.25, -0.2) is 0 Å². The Morgan fingerprint density at radius 1 is 1.27 bits per heavy atom. The van der Waals surface area contributed by atoms with Gasteiger partial charge in [0.25, 0.3) is 0 Å². The molecule has 0 radical (unpaired) electrons.